The van der Waals surface area contributed by atoms with E-state index >= 15 is 0 Å². The van der Waals surface area contributed by atoms with Crippen LogP contribution >= 0.6 is 0 Å². The normalized spacial score (nSPS) is 14.1. The smallest absolute Gasteiger partial charge is 0.326 e. The maximum atomic E-state index is 12.5. The van der Waals surface area contributed by atoms with Crippen molar-refractivity contribution in [2.45, 2.75) is 50.4 Å². The van der Waals surface area contributed by atoms with Crippen LogP contribution < -0.4 is 27.4 Å². The van der Waals surface area contributed by atoms with Crippen LogP contribution in [-0.2, 0) is 35.2 Å². The van der Waals surface area contributed by atoms with Crippen molar-refractivity contribution in [1.82, 2.24) is 16.0 Å². The molecule has 0 radical (unpaired) electrons. The summed E-state index contributed by atoms with van der Waals surface area (Å²) in [5, 5.41) is 24.6. The Morgan fingerprint density at radius 2 is 1.42 bits per heavy atom. The van der Waals surface area contributed by atoms with Gasteiger partial charge in [-0.25, -0.2) is 4.79 Å². The minimum absolute atomic E-state index is 0.142. The Hall–Kier alpha value is -4.00. The number of amides is 4. The van der Waals surface area contributed by atoms with Crippen LogP contribution in [0.5, 0.6) is 0 Å². The monoisotopic (exact) mass is 465 g/mol. The molecular weight excluding hydrogens is 438 g/mol. The third kappa shape index (κ3) is 9.78. The highest BCUT2D eigenvalue weighted by Gasteiger charge is 2.30. The number of carboxylic acid groups (broad SMARTS) is 2. The van der Waals surface area contributed by atoms with Crippen molar-refractivity contribution in [3.63, 3.8) is 0 Å². The van der Waals surface area contributed by atoms with E-state index in [1.54, 1.807) is 30.3 Å². The lowest BCUT2D eigenvalue weighted by atomic mass is 10.1. The average Bonchev–Trinajstić information content (AvgIpc) is 2.72. The molecule has 1 aromatic rings. The second kappa shape index (κ2) is 12.8. The molecular formula is C20H27N5O8. The molecule has 4 unspecified atom stereocenters. The van der Waals surface area contributed by atoms with Crippen LogP contribution in [0.2, 0.25) is 0 Å². The maximum absolute atomic E-state index is 12.5. The molecule has 0 aromatic heterocycles. The number of rotatable bonds is 13. The van der Waals surface area contributed by atoms with Gasteiger partial charge in [-0.3, -0.25) is 24.0 Å². The topological polar surface area (TPSA) is 231 Å². The Bertz CT molecular complexity index is 892. The molecule has 0 aliphatic carbocycles. The Kier molecular flexibility index (Phi) is 10.5. The number of nitrogens with two attached hydrogens (primary N) is 2. The highest BCUT2D eigenvalue weighted by Crippen LogP contribution is 2.03. The van der Waals surface area contributed by atoms with Gasteiger partial charge in [0.25, 0.3) is 0 Å². The summed E-state index contributed by atoms with van der Waals surface area (Å²) >= 11 is 0. The van der Waals surface area contributed by atoms with Gasteiger partial charge in [0.05, 0.1) is 18.9 Å². The van der Waals surface area contributed by atoms with Crippen molar-refractivity contribution >= 4 is 35.6 Å². The number of benzene rings is 1. The minimum atomic E-state index is -1.61. The number of carboxylic acids is 2. The number of carbonyl (C=O) groups is 6. The van der Waals surface area contributed by atoms with E-state index in [0.717, 1.165) is 5.56 Å². The van der Waals surface area contributed by atoms with Gasteiger partial charge in [-0.1, -0.05) is 30.3 Å². The fraction of sp³-hybridized carbons (Fsp3) is 0.400. The highest BCUT2D eigenvalue weighted by molar-refractivity contribution is 5.96. The van der Waals surface area contributed by atoms with Crippen molar-refractivity contribution in [3.05, 3.63) is 35.9 Å². The second-order valence-electron chi connectivity index (χ2n) is 7.26. The predicted molar refractivity (Wildman–Crippen MR) is 113 cm³/mol. The maximum Gasteiger partial charge on any atom is 0.326 e. The van der Waals surface area contributed by atoms with E-state index in [2.05, 4.69) is 10.6 Å². The zero-order valence-corrected chi connectivity index (χ0v) is 17.8. The molecule has 4 atom stereocenters. The lowest BCUT2D eigenvalue weighted by Crippen LogP contribution is -2.57. The first kappa shape index (κ1) is 27.0. The highest BCUT2D eigenvalue weighted by atomic mass is 16.4. The predicted octanol–water partition coefficient (Wildman–Crippen LogP) is -2.53. The van der Waals surface area contributed by atoms with Crippen molar-refractivity contribution < 1.29 is 39.0 Å². The van der Waals surface area contributed by atoms with Crippen LogP contribution in [0.15, 0.2) is 30.3 Å². The van der Waals surface area contributed by atoms with Crippen molar-refractivity contribution in [2.75, 3.05) is 0 Å². The number of aliphatic carboxylic acids is 2. The van der Waals surface area contributed by atoms with Crippen molar-refractivity contribution in [1.29, 1.82) is 0 Å². The van der Waals surface area contributed by atoms with Gasteiger partial charge < -0.3 is 37.6 Å². The van der Waals surface area contributed by atoms with E-state index in [0.29, 0.717) is 0 Å². The minimum Gasteiger partial charge on any atom is -0.481 e. The third-order valence-corrected chi connectivity index (χ3v) is 4.42. The molecule has 0 aliphatic rings. The fourth-order valence-corrected chi connectivity index (χ4v) is 2.70. The number of hydrogen-bond acceptors (Lipinski definition) is 7. The van der Waals surface area contributed by atoms with E-state index in [4.69, 9.17) is 21.7 Å². The molecule has 0 spiro atoms. The number of nitrogens with one attached hydrogen (secondary N) is 3. The number of hydrogen-bond donors (Lipinski definition) is 7. The molecule has 1 aromatic carbocycles. The van der Waals surface area contributed by atoms with Gasteiger partial charge >= 0.3 is 11.9 Å². The Morgan fingerprint density at radius 1 is 0.848 bits per heavy atom. The number of carbonyl (C=O) groups excluding carboxylic acids is 4. The van der Waals surface area contributed by atoms with E-state index in [9.17, 15) is 28.8 Å². The molecule has 13 heteroatoms. The molecule has 33 heavy (non-hydrogen) atoms. The second-order valence-corrected chi connectivity index (χ2v) is 7.26. The van der Waals surface area contributed by atoms with Crippen molar-refractivity contribution in [3.8, 4) is 0 Å². The van der Waals surface area contributed by atoms with E-state index in [1.807, 2.05) is 5.32 Å². The molecule has 4 amide bonds. The summed E-state index contributed by atoms with van der Waals surface area (Å²) in [5.41, 5.74) is 11.5. The summed E-state index contributed by atoms with van der Waals surface area (Å²) in [5.74, 6) is -6.60. The van der Waals surface area contributed by atoms with Gasteiger partial charge in [-0.05, 0) is 18.9 Å². The zero-order chi connectivity index (χ0) is 25.1. The number of primary amides is 1. The lowest BCUT2D eigenvalue weighted by Gasteiger charge is -2.22. The summed E-state index contributed by atoms with van der Waals surface area (Å²) in [4.78, 5) is 70.3. The van der Waals surface area contributed by atoms with E-state index in [-0.39, 0.29) is 6.42 Å². The first-order valence-electron chi connectivity index (χ1n) is 9.84. The zero-order valence-electron chi connectivity index (χ0n) is 17.8. The van der Waals surface area contributed by atoms with Gasteiger partial charge in [0, 0.05) is 0 Å². The van der Waals surface area contributed by atoms with Crippen LogP contribution in [0.4, 0.5) is 0 Å². The average molecular weight is 465 g/mol. The van der Waals surface area contributed by atoms with E-state index in [1.165, 1.54) is 6.92 Å². The van der Waals surface area contributed by atoms with Gasteiger partial charge in [0.2, 0.25) is 23.6 Å². The molecule has 1 rings (SSSR count). The van der Waals surface area contributed by atoms with Gasteiger partial charge in [-0.15, -0.1) is 0 Å². The molecule has 0 aliphatic heterocycles. The standard InChI is InChI=1S/C20H27N5O8/c1-10(17(29)25-14(20(32)33)8-15(22)26)23-19(31)13(9-16(27)28)24-18(30)12(21)7-11-5-3-2-4-6-11/h2-6,10,12-14H,7-9,21H2,1H3,(H2,22,26)(H,23,31)(H,24,30)(H,25,29)(H,27,28)(H,32,33). The van der Waals surface area contributed by atoms with E-state index < -0.39 is 72.6 Å². The van der Waals surface area contributed by atoms with Gasteiger partial charge in [-0.2, -0.15) is 0 Å². The van der Waals surface area contributed by atoms with Gasteiger partial charge in [0.1, 0.15) is 18.1 Å². The van der Waals surface area contributed by atoms with Crippen LogP contribution in [0.3, 0.4) is 0 Å². The SMILES string of the molecule is CC(NC(=O)C(CC(=O)O)NC(=O)C(N)Cc1ccccc1)C(=O)NC(CC(N)=O)C(=O)O. The summed E-state index contributed by atoms with van der Waals surface area (Å²) in [6.45, 7) is 1.21. The molecule has 13 nitrogen and oxygen atoms in total. The summed E-state index contributed by atoms with van der Waals surface area (Å²) in [6, 6.07) is 3.24. The molecule has 0 saturated carbocycles. The molecule has 0 saturated heterocycles. The Morgan fingerprint density at radius 3 is 1.94 bits per heavy atom. The summed E-state index contributed by atoms with van der Waals surface area (Å²) in [7, 11) is 0. The largest absolute Gasteiger partial charge is 0.481 e. The van der Waals surface area contributed by atoms with Crippen LogP contribution in [0.1, 0.15) is 25.3 Å². The quantitative estimate of drug-likeness (QED) is 0.162. The first-order valence-corrected chi connectivity index (χ1v) is 9.84. The molecule has 0 heterocycles. The van der Waals surface area contributed by atoms with Gasteiger partial charge in [0.15, 0.2) is 0 Å². The summed E-state index contributed by atoms with van der Waals surface area (Å²) < 4.78 is 0. The first-order chi connectivity index (χ1) is 15.4. The molecule has 180 valence electrons. The fourth-order valence-electron chi connectivity index (χ4n) is 2.70. The summed E-state index contributed by atoms with van der Waals surface area (Å²) in [6.07, 6.45) is -1.31. The van der Waals surface area contributed by atoms with Crippen LogP contribution in [0, 0.1) is 0 Å². The Labute approximate surface area is 188 Å². The van der Waals surface area contributed by atoms with Crippen LogP contribution in [-0.4, -0.2) is 69.9 Å². The lowest BCUT2D eigenvalue weighted by molar-refractivity contribution is -0.144. The Balaban J connectivity index is 2.78. The molecule has 0 fully saturated rings. The molecule has 9 N–H and O–H groups in total. The molecule has 0 bridgehead atoms. The van der Waals surface area contributed by atoms with Crippen LogP contribution in [0.25, 0.3) is 0 Å². The third-order valence-electron chi connectivity index (χ3n) is 4.42. The van der Waals surface area contributed by atoms with Crippen molar-refractivity contribution in [2.24, 2.45) is 11.5 Å².